The normalized spacial score (nSPS) is 10.3. The number of aryl methyl sites for hydroxylation is 1. The van der Waals surface area contributed by atoms with Gasteiger partial charge in [0, 0.05) is 19.1 Å². The Morgan fingerprint density at radius 1 is 1.44 bits per heavy atom. The molecule has 1 aromatic carbocycles. The Bertz CT molecular complexity index is 522. The summed E-state index contributed by atoms with van der Waals surface area (Å²) in [6.45, 7) is 1.70. The summed E-state index contributed by atoms with van der Waals surface area (Å²) in [7, 11) is 0. The Kier molecular flexibility index (Phi) is 2.63. The van der Waals surface area contributed by atoms with Gasteiger partial charge in [-0.1, -0.05) is 12.1 Å². The van der Waals surface area contributed by atoms with Crippen molar-refractivity contribution in [2.45, 2.75) is 13.3 Å². The lowest BCUT2D eigenvalue weighted by Crippen LogP contribution is -1.92. The zero-order valence-electron chi connectivity index (χ0n) is 8.58. The van der Waals surface area contributed by atoms with Crippen LogP contribution < -0.4 is 0 Å². The SMILES string of the molecule is Cc1nnc(Cc2cccc([N+](=O)[O-])c2)o1. The number of rotatable bonds is 3. The highest BCUT2D eigenvalue weighted by atomic mass is 16.6. The van der Waals surface area contributed by atoms with E-state index < -0.39 is 4.92 Å². The molecule has 6 nitrogen and oxygen atoms in total. The van der Waals surface area contributed by atoms with E-state index >= 15 is 0 Å². The first kappa shape index (κ1) is 10.3. The quantitative estimate of drug-likeness (QED) is 0.581. The van der Waals surface area contributed by atoms with Gasteiger partial charge in [-0.15, -0.1) is 10.2 Å². The molecule has 1 heterocycles. The fraction of sp³-hybridized carbons (Fsp3) is 0.200. The third kappa shape index (κ3) is 2.22. The molecule has 0 fully saturated rings. The fourth-order valence-corrected chi connectivity index (χ4v) is 1.36. The minimum atomic E-state index is -0.428. The molecule has 0 aliphatic carbocycles. The van der Waals surface area contributed by atoms with Gasteiger partial charge >= 0.3 is 0 Å². The molecule has 2 rings (SSSR count). The standard InChI is InChI=1S/C10H9N3O3/c1-7-11-12-10(16-7)6-8-3-2-4-9(5-8)13(14)15/h2-5H,6H2,1H3. The van der Waals surface area contributed by atoms with Crippen LogP contribution in [-0.4, -0.2) is 15.1 Å². The largest absolute Gasteiger partial charge is 0.425 e. The third-order valence-corrected chi connectivity index (χ3v) is 2.04. The summed E-state index contributed by atoms with van der Waals surface area (Å²) in [5, 5.41) is 18.1. The minimum absolute atomic E-state index is 0.0636. The number of nitro benzene ring substituents is 1. The molecule has 0 saturated carbocycles. The van der Waals surface area contributed by atoms with Crippen molar-refractivity contribution in [3.05, 3.63) is 51.7 Å². The van der Waals surface area contributed by atoms with Gasteiger partial charge in [0.05, 0.1) is 11.3 Å². The second kappa shape index (κ2) is 4.09. The average molecular weight is 219 g/mol. The van der Waals surface area contributed by atoms with E-state index in [4.69, 9.17) is 4.42 Å². The maximum atomic E-state index is 10.6. The Hall–Kier alpha value is -2.24. The van der Waals surface area contributed by atoms with Crippen molar-refractivity contribution in [2.75, 3.05) is 0 Å². The molecule has 0 N–H and O–H groups in total. The molecule has 2 aromatic rings. The Labute approximate surface area is 91.1 Å². The molecule has 82 valence electrons. The number of non-ortho nitro benzene ring substituents is 1. The smallest absolute Gasteiger partial charge is 0.269 e. The molecule has 0 bridgehead atoms. The van der Waals surface area contributed by atoms with E-state index in [9.17, 15) is 10.1 Å². The summed E-state index contributed by atoms with van der Waals surface area (Å²) in [5.41, 5.74) is 0.839. The zero-order valence-corrected chi connectivity index (χ0v) is 8.58. The number of nitro groups is 1. The monoisotopic (exact) mass is 219 g/mol. The Balaban J connectivity index is 2.21. The summed E-state index contributed by atoms with van der Waals surface area (Å²) < 4.78 is 5.20. The van der Waals surface area contributed by atoms with Crippen LogP contribution in [0.1, 0.15) is 17.3 Å². The van der Waals surface area contributed by atoms with E-state index in [1.807, 2.05) is 0 Å². The van der Waals surface area contributed by atoms with Crippen LogP contribution in [0.25, 0.3) is 0 Å². The number of aromatic nitrogens is 2. The van der Waals surface area contributed by atoms with Crippen LogP contribution in [-0.2, 0) is 6.42 Å². The lowest BCUT2D eigenvalue weighted by atomic mass is 10.1. The van der Waals surface area contributed by atoms with Crippen LogP contribution in [0.5, 0.6) is 0 Å². The van der Waals surface area contributed by atoms with Crippen LogP contribution >= 0.6 is 0 Å². The second-order valence-corrected chi connectivity index (χ2v) is 3.32. The minimum Gasteiger partial charge on any atom is -0.425 e. The molecule has 16 heavy (non-hydrogen) atoms. The first-order valence-corrected chi connectivity index (χ1v) is 4.67. The lowest BCUT2D eigenvalue weighted by Gasteiger charge is -1.96. The number of hydrogen-bond acceptors (Lipinski definition) is 5. The summed E-state index contributed by atoms with van der Waals surface area (Å²) in [4.78, 5) is 10.1. The Morgan fingerprint density at radius 3 is 2.88 bits per heavy atom. The van der Waals surface area contributed by atoms with E-state index in [1.165, 1.54) is 12.1 Å². The fourth-order valence-electron chi connectivity index (χ4n) is 1.36. The summed E-state index contributed by atoms with van der Waals surface area (Å²) in [6, 6.07) is 6.37. The van der Waals surface area contributed by atoms with Crippen molar-refractivity contribution >= 4 is 5.69 Å². The van der Waals surface area contributed by atoms with Gasteiger partial charge in [0.2, 0.25) is 11.8 Å². The van der Waals surface area contributed by atoms with Crippen LogP contribution in [0, 0.1) is 17.0 Å². The maximum absolute atomic E-state index is 10.6. The van der Waals surface area contributed by atoms with Gasteiger partial charge in [0.1, 0.15) is 0 Å². The molecule has 0 atom stereocenters. The molecule has 6 heteroatoms. The molecular formula is C10H9N3O3. The topological polar surface area (TPSA) is 82.1 Å². The highest BCUT2D eigenvalue weighted by molar-refractivity contribution is 5.35. The highest BCUT2D eigenvalue weighted by Crippen LogP contribution is 2.15. The van der Waals surface area contributed by atoms with Crippen molar-refractivity contribution in [3.63, 3.8) is 0 Å². The molecule has 0 saturated heterocycles. The predicted octanol–water partition coefficient (Wildman–Crippen LogP) is 1.88. The van der Waals surface area contributed by atoms with Gasteiger partial charge in [0.25, 0.3) is 5.69 Å². The van der Waals surface area contributed by atoms with Crippen molar-refractivity contribution < 1.29 is 9.34 Å². The number of nitrogens with zero attached hydrogens (tertiary/aromatic N) is 3. The lowest BCUT2D eigenvalue weighted by molar-refractivity contribution is -0.384. The molecule has 0 radical (unpaired) electrons. The van der Waals surface area contributed by atoms with E-state index in [1.54, 1.807) is 19.1 Å². The van der Waals surface area contributed by atoms with E-state index in [0.29, 0.717) is 18.2 Å². The number of benzene rings is 1. The van der Waals surface area contributed by atoms with Crippen LogP contribution in [0.3, 0.4) is 0 Å². The first-order valence-electron chi connectivity index (χ1n) is 4.67. The number of hydrogen-bond donors (Lipinski definition) is 0. The zero-order chi connectivity index (χ0) is 11.5. The summed E-state index contributed by atoms with van der Waals surface area (Å²) >= 11 is 0. The molecular weight excluding hydrogens is 210 g/mol. The molecule has 1 aromatic heterocycles. The van der Waals surface area contributed by atoms with Gasteiger partial charge in [-0.25, -0.2) is 0 Å². The van der Waals surface area contributed by atoms with Gasteiger partial charge < -0.3 is 4.42 Å². The van der Waals surface area contributed by atoms with E-state index in [0.717, 1.165) is 5.56 Å². The molecule has 0 aliphatic heterocycles. The van der Waals surface area contributed by atoms with Crippen molar-refractivity contribution in [1.82, 2.24) is 10.2 Å². The predicted molar refractivity (Wildman–Crippen MR) is 54.9 cm³/mol. The van der Waals surface area contributed by atoms with Crippen molar-refractivity contribution in [2.24, 2.45) is 0 Å². The molecule has 0 amide bonds. The summed E-state index contributed by atoms with van der Waals surface area (Å²) in [6.07, 6.45) is 0.405. The first-order chi connectivity index (χ1) is 7.65. The summed E-state index contributed by atoms with van der Waals surface area (Å²) in [5.74, 6) is 0.943. The third-order valence-electron chi connectivity index (χ3n) is 2.04. The van der Waals surface area contributed by atoms with Crippen LogP contribution in [0.4, 0.5) is 5.69 Å². The second-order valence-electron chi connectivity index (χ2n) is 3.32. The van der Waals surface area contributed by atoms with Gasteiger partial charge in [0.15, 0.2) is 0 Å². The van der Waals surface area contributed by atoms with Gasteiger partial charge in [-0.05, 0) is 5.56 Å². The Morgan fingerprint density at radius 2 is 2.25 bits per heavy atom. The highest BCUT2D eigenvalue weighted by Gasteiger charge is 2.08. The molecule has 0 aliphatic rings. The maximum Gasteiger partial charge on any atom is 0.269 e. The van der Waals surface area contributed by atoms with Crippen molar-refractivity contribution in [1.29, 1.82) is 0 Å². The molecule has 0 spiro atoms. The van der Waals surface area contributed by atoms with Gasteiger partial charge in [-0.2, -0.15) is 0 Å². The van der Waals surface area contributed by atoms with Gasteiger partial charge in [-0.3, -0.25) is 10.1 Å². The van der Waals surface area contributed by atoms with E-state index in [2.05, 4.69) is 10.2 Å². The van der Waals surface area contributed by atoms with Crippen LogP contribution in [0.2, 0.25) is 0 Å². The van der Waals surface area contributed by atoms with Crippen molar-refractivity contribution in [3.8, 4) is 0 Å². The van der Waals surface area contributed by atoms with E-state index in [-0.39, 0.29) is 5.69 Å². The average Bonchev–Trinajstić information content (AvgIpc) is 2.64. The van der Waals surface area contributed by atoms with Crippen LogP contribution in [0.15, 0.2) is 28.7 Å². The molecule has 0 unspecified atom stereocenters.